The quantitative estimate of drug-likeness (QED) is 0.484. The third-order valence-corrected chi connectivity index (χ3v) is 6.21. The van der Waals surface area contributed by atoms with Crippen LogP contribution in [-0.2, 0) is 4.74 Å². The Morgan fingerprint density at radius 3 is 2.60 bits per heavy atom. The van der Waals surface area contributed by atoms with E-state index >= 15 is 0 Å². The predicted octanol–water partition coefficient (Wildman–Crippen LogP) is 2.69. The molecule has 20 heavy (non-hydrogen) atoms. The Balaban J connectivity index is 2.75. The molecule has 1 N–H and O–H groups in total. The van der Waals surface area contributed by atoms with Crippen molar-refractivity contribution in [3.05, 3.63) is 0 Å². The number of hydrogen-bond acceptors (Lipinski definition) is 3. The van der Waals surface area contributed by atoms with Gasteiger partial charge in [0.15, 0.2) is 0 Å². The lowest BCUT2D eigenvalue weighted by molar-refractivity contribution is 0.0295. The maximum absolute atomic E-state index is 12.0. The summed E-state index contributed by atoms with van der Waals surface area (Å²) in [6.07, 6.45) is 1.59. The van der Waals surface area contributed by atoms with Gasteiger partial charge in [-0.15, -0.1) is 0 Å². The number of carbonyl (C=O) groups is 1. The molecule has 1 aliphatic heterocycles. The molecule has 1 rings (SSSR count). The number of nitrogens with one attached hydrogen (secondary N) is 1. The zero-order chi connectivity index (χ0) is 15.6. The van der Waals surface area contributed by atoms with Crippen LogP contribution in [0.4, 0.5) is 4.79 Å². The zero-order valence-corrected chi connectivity index (χ0v) is 13.6. The van der Waals surface area contributed by atoms with Crippen LogP contribution in [0.1, 0.15) is 34.1 Å². The molecule has 5 nitrogen and oxygen atoms in total. The van der Waals surface area contributed by atoms with Gasteiger partial charge < -0.3 is 9.64 Å². The van der Waals surface area contributed by atoms with E-state index in [0.29, 0.717) is 13.1 Å². The summed E-state index contributed by atoms with van der Waals surface area (Å²) in [5, 5.41) is 8.05. The highest BCUT2D eigenvalue weighted by Gasteiger charge is 2.32. The van der Waals surface area contributed by atoms with Crippen molar-refractivity contribution in [1.29, 1.82) is 5.41 Å². The highest BCUT2D eigenvalue weighted by Crippen LogP contribution is 2.35. The van der Waals surface area contributed by atoms with Crippen LogP contribution in [0.25, 0.3) is 0 Å². The Hall–Kier alpha value is -1.30. The molecule has 1 fully saturated rings. The minimum atomic E-state index is -1.56. The second kappa shape index (κ2) is 5.99. The minimum absolute atomic E-state index is 0.207. The molecule has 1 amide bonds. The summed E-state index contributed by atoms with van der Waals surface area (Å²) in [4.78, 5) is 17.8. The molecule has 0 saturated carbocycles. The maximum atomic E-state index is 12.0. The Labute approximate surface area is 122 Å². The number of nitrogens with zero attached hydrogens (tertiary/aromatic N) is 2. The predicted molar refractivity (Wildman–Crippen MR) is 89.9 cm³/mol. The lowest BCUT2D eigenvalue weighted by Crippen LogP contribution is -2.35. The third kappa shape index (κ3) is 4.10. The highest BCUT2D eigenvalue weighted by atomic mass is 32.2. The van der Waals surface area contributed by atoms with Gasteiger partial charge in [0.2, 0.25) is 0 Å². The summed E-state index contributed by atoms with van der Waals surface area (Å²) in [6.45, 7) is 8.70. The van der Waals surface area contributed by atoms with E-state index in [1.165, 1.54) is 0 Å². The van der Waals surface area contributed by atoms with E-state index in [1.54, 1.807) is 4.90 Å². The lowest BCUT2D eigenvalue weighted by atomic mass is 10.2. The van der Waals surface area contributed by atoms with Crippen molar-refractivity contribution < 1.29 is 9.53 Å². The van der Waals surface area contributed by atoms with Crippen LogP contribution < -0.4 is 0 Å². The zero-order valence-electron chi connectivity index (χ0n) is 12.8. The van der Waals surface area contributed by atoms with Crippen molar-refractivity contribution in [2.75, 3.05) is 13.1 Å². The maximum Gasteiger partial charge on any atom is 0.410 e. The van der Waals surface area contributed by atoms with Gasteiger partial charge in [-0.3, -0.25) is 5.41 Å². The molecule has 1 heterocycles. The average Bonchev–Trinajstić information content (AvgIpc) is 2.76. The van der Waals surface area contributed by atoms with Gasteiger partial charge in [-0.2, -0.15) is 9.21 Å². The van der Waals surface area contributed by atoms with Crippen molar-refractivity contribution in [1.82, 2.24) is 4.90 Å². The number of rotatable bonds is 2. The Morgan fingerprint density at radius 1 is 1.50 bits per heavy atom. The largest absolute Gasteiger partial charge is 0.444 e. The van der Waals surface area contributed by atoms with E-state index in [0.717, 1.165) is 17.8 Å². The van der Waals surface area contributed by atoms with Crippen molar-refractivity contribution >= 4 is 38.4 Å². The molecule has 0 spiro atoms. The second-order valence-electron chi connectivity index (χ2n) is 6.06. The van der Waals surface area contributed by atoms with Gasteiger partial charge >= 0.3 is 6.09 Å². The van der Waals surface area contributed by atoms with Gasteiger partial charge in [0, 0.05) is 18.3 Å². The van der Waals surface area contributed by atoms with Crippen molar-refractivity contribution in [2.24, 2.45) is 4.99 Å². The fraction of sp³-hybridized carbons (Fsp3) is 0.643. The molecule has 1 atom stereocenters. The van der Waals surface area contributed by atoms with Crippen LogP contribution in [0.5, 0.6) is 0 Å². The first-order valence-electron chi connectivity index (χ1n) is 6.57. The summed E-state index contributed by atoms with van der Waals surface area (Å²) in [5.74, 6) is 8.40. The summed E-state index contributed by atoms with van der Waals surface area (Å²) in [6, 6.07) is 0. The van der Waals surface area contributed by atoms with Crippen LogP contribution in [0.3, 0.4) is 0 Å². The first-order valence-corrected chi connectivity index (χ1v) is 8.61. The number of aliphatic imine (C=N–C) groups is 1. The average molecular weight is 299 g/mol. The Kier molecular flexibility index (Phi) is 5.02. The molecular weight excluding hydrogens is 274 g/mol. The highest BCUT2D eigenvalue weighted by molar-refractivity contribution is 8.40. The van der Waals surface area contributed by atoms with Gasteiger partial charge in [0.05, 0.1) is 5.04 Å². The summed E-state index contributed by atoms with van der Waals surface area (Å²) in [7, 11) is -1.56. The smallest absolute Gasteiger partial charge is 0.410 e. The van der Waals surface area contributed by atoms with Gasteiger partial charge in [0.25, 0.3) is 0 Å². The molecule has 1 saturated heterocycles. The fourth-order valence-electron chi connectivity index (χ4n) is 2.03. The van der Waals surface area contributed by atoms with Gasteiger partial charge in [-0.25, -0.2) is 9.79 Å². The minimum Gasteiger partial charge on any atom is -0.444 e. The lowest BCUT2D eigenvalue weighted by Gasteiger charge is -2.25. The first kappa shape index (κ1) is 16.8. The Bertz CT molecular complexity index is 515. The van der Waals surface area contributed by atoms with Crippen LogP contribution in [0.15, 0.2) is 4.99 Å². The molecule has 6 heteroatoms. The number of ether oxygens (including phenoxy) is 1. The van der Waals surface area contributed by atoms with Gasteiger partial charge in [-0.1, -0.05) is 11.7 Å². The summed E-state index contributed by atoms with van der Waals surface area (Å²) in [5.41, 5.74) is -0.481. The molecule has 1 aliphatic rings. The SMILES string of the molecule is C=S(=C)(C(C)=NC=N)C1CCN(C(=O)OC(C)(C)C)C1. The molecule has 0 bridgehead atoms. The Morgan fingerprint density at radius 2 is 2.10 bits per heavy atom. The molecule has 0 aromatic rings. The van der Waals surface area contributed by atoms with E-state index in [2.05, 4.69) is 16.7 Å². The molecule has 1 unspecified atom stereocenters. The van der Waals surface area contributed by atoms with E-state index in [1.807, 2.05) is 27.7 Å². The van der Waals surface area contributed by atoms with E-state index in [4.69, 9.17) is 10.1 Å². The van der Waals surface area contributed by atoms with E-state index in [-0.39, 0.29) is 11.3 Å². The van der Waals surface area contributed by atoms with Gasteiger partial charge in [0.1, 0.15) is 11.9 Å². The molecule has 0 aromatic heterocycles. The van der Waals surface area contributed by atoms with E-state index in [9.17, 15) is 4.79 Å². The molecule has 114 valence electrons. The number of amides is 1. The third-order valence-electron chi connectivity index (χ3n) is 3.27. The summed E-state index contributed by atoms with van der Waals surface area (Å²) >= 11 is 0. The normalized spacial score (nSPS) is 20.9. The van der Waals surface area contributed by atoms with Crippen LogP contribution >= 0.6 is 9.21 Å². The number of carbonyl (C=O) groups excluding carboxylic acids is 1. The van der Waals surface area contributed by atoms with Crippen molar-refractivity contribution in [3.63, 3.8) is 0 Å². The van der Waals surface area contributed by atoms with Crippen molar-refractivity contribution in [2.45, 2.75) is 45.0 Å². The van der Waals surface area contributed by atoms with Gasteiger partial charge in [-0.05, 0) is 34.1 Å². The summed E-state index contributed by atoms with van der Waals surface area (Å²) < 4.78 is 5.38. The second-order valence-corrected chi connectivity index (χ2v) is 9.20. The van der Waals surface area contributed by atoms with Crippen LogP contribution in [0.2, 0.25) is 0 Å². The monoisotopic (exact) mass is 299 g/mol. The molecule has 0 aliphatic carbocycles. The van der Waals surface area contributed by atoms with E-state index < -0.39 is 14.8 Å². The topological polar surface area (TPSA) is 65.8 Å². The number of likely N-dealkylation sites (tertiary alicyclic amines) is 1. The van der Waals surface area contributed by atoms with Crippen LogP contribution in [0, 0.1) is 5.41 Å². The first-order chi connectivity index (χ1) is 9.08. The van der Waals surface area contributed by atoms with Crippen molar-refractivity contribution in [3.8, 4) is 0 Å². The standard InChI is InChI=1S/C14H25N3O2S/c1-11(16-10-15)20(5,6)12-7-8-17(9-12)13(18)19-14(2,3)4/h10,12,15H,5-9H2,1-4H3. The molecule has 0 radical (unpaired) electrons. The molecular formula is C14H25N3O2S. The molecule has 0 aromatic carbocycles. The fourth-order valence-corrected chi connectivity index (χ4v) is 3.79. The number of hydrogen-bond donors (Lipinski definition) is 1. The van der Waals surface area contributed by atoms with Crippen LogP contribution in [-0.4, -0.2) is 58.1 Å².